The Balaban J connectivity index is 1.08. The number of carbonyl (C=O) groups is 4. The molecule has 5 fully saturated rings. The van der Waals surface area contributed by atoms with Crippen molar-refractivity contribution in [2.24, 2.45) is 23.7 Å². The van der Waals surface area contributed by atoms with Crippen LogP contribution >= 0.6 is 0 Å². The summed E-state index contributed by atoms with van der Waals surface area (Å²) in [5, 5.41) is 2.72. The number of amides is 3. The van der Waals surface area contributed by atoms with Gasteiger partial charge in [0.05, 0.1) is 35.0 Å². The Hall–Kier alpha value is -5.05. The van der Waals surface area contributed by atoms with E-state index in [9.17, 15) is 27.6 Å². The Morgan fingerprint density at radius 3 is 2.40 bits per heavy atom. The van der Waals surface area contributed by atoms with Crippen LogP contribution in [0, 0.1) is 23.7 Å². The predicted molar refractivity (Wildman–Crippen MR) is 231 cm³/mol. The first-order valence-electron chi connectivity index (χ1n) is 22.7. The molecule has 330 valence electrons. The van der Waals surface area contributed by atoms with Crippen LogP contribution in [0.1, 0.15) is 103 Å². The van der Waals surface area contributed by atoms with Crippen molar-refractivity contribution >= 4 is 44.6 Å². The van der Waals surface area contributed by atoms with Gasteiger partial charge in [-0.1, -0.05) is 74.7 Å². The summed E-state index contributed by atoms with van der Waals surface area (Å²) in [5.41, 5.74) is 0.527. The highest BCUT2D eigenvalue weighted by Gasteiger charge is 2.62. The SMILES string of the molecule is CC[C@@H]1C[C@]1(NC(=O)[C@@H]1C[C@@H]2CN1C(=O)[C@H](C1CCCC1)CC(=O)O[C@@H]1CCC[C@H]1CC/C=C/Cn1c(nc3cc(-c4ccccc4)ccc3c1=O)O2)C(=O)NS(=O)(=O)C1CC1. The minimum Gasteiger partial charge on any atom is -0.462 e. The van der Waals surface area contributed by atoms with Crippen LogP contribution < -0.4 is 20.3 Å². The van der Waals surface area contributed by atoms with Gasteiger partial charge in [0.15, 0.2) is 0 Å². The molecule has 1 aromatic heterocycles. The number of rotatable bonds is 8. The maximum atomic E-state index is 15.1. The second-order valence-electron chi connectivity index (χ2n) is 18.5. The van der Waals surface area contributed by atoms with Gasteiger partial charge in [0.1, 0.15) is 23.8 Å². The molecule has 15 heteroatoms. The molecular weight excluding hydrogens is 811 g/mol. The van der Waals surface area contributed by atoms with E-state index in [0.717, 1.165) is 68.9 Å². The van der Waals surface area contributed by atoms with E-state index in [1.54, 1.807) is 6.07 Å². The van der Waals surface area contributed by atoms with Gasteiger partial charge in [-0.15, -0.1) is 0 Å². The smallest absolute Gasteiger partial charge is 0.306 e. The molecular formula is C47H57N5O9S. The summed E-state index contributed by atoms with van der Waals surface area (Å²) in [5.74, 6) is -3.09. The van der Waals surface area contributed by atoms with Crippen molar-refractivity contribution < 1.29 is 37.1 Å². The molecule has 14 nitrogen and oxygen atoms in total. The number of ether oxygens (including phenoxy) is 2. The quantitative estimate of drug-likeness (QED) is 0.215. The van der Waals surface area contributed by atoms with Crippen molar-refractivity contribution in [1.82, 2.24) is 24.5 Å². The molecule has 1 saturated heterocycles. The average molecular weight is 868 g/mol. The number of esters is 1. The van der Waals surface area contributed by atoms with Crippen LogP contribution in [0.3, 0.4) is 0 Å². The summed E-state index contributed by atoms with van der Waals surface area (Å²) in [6.45, 7) is 2.01. The van der Waals surface area contributed by atoms with Crippen LogP contribution in [0.5, 0.6) is 6.01 Å². The van der Waals surface area contributed by atoms with E-state index < -0.39 is 56.7 Å². The fraction of sp³-hybridized carbons (Fsp3) is 0.574. The van der Waals surface area contributed by atoms with Crippen LogP contribution in [-0.4, -0.2) is 82.1 Å². The normalized spacial score (nSPS) is 30.0. The molecule has 9 rings (SSSR count). The molecule has 0 spiro atoms. The summed E-state index contributed by atoms with van der Waals surface area (Å²) < 4.78 is 42.3. The fourth-order valence-electron chi connectivity index (χ4n) is 10.6. The second-order valence-corrected chi connectivity index (χ2v) is 20.4. The van der Waals surface area contributed by atoms with Gasteiger partial charge in [-0.25, -0.2) is 8.42 Å². The molecule has 2 aliphatic heterocycles. The van der Waals surface area contributed by atoms with Crippen molar-refractivity contribution in [3.63, 3.8) is 0 Å². The molecule has 62 heavy (non-hydrogen) atoms. The zero-order valence-corrected chi connectivity index (χ0v) is 36.2. The summed E-state index contributed by atoms with van der Waals surface area (Å²) in [4.78, 5) is 78.0. The van der Waals surface area contributed by atoms with E-state index in [1.165, 1.54) is 9.47 Å². The lowest BCUT2D eigenvalue weighted by Gasteiger charge is -2.32. The second kappa shape index (κ2) is 17.3. The van der Waals surface area contributed by atoms with Gasteiger partial charge < -0.3 is 19.7 Å². The van der Waals surface area contributed by atoms with Gasteiger partial charge in [0.25, 0.3) is 17.5 Å². The number of nitrogens with one attached hydrogen (secondary N) is 2. The topological polar surface area (TPSA) is 183 Å². The van der Waals surface area contributed by atoms with Crippen LogP contribution in [0.4, 0.5) is 0 Å². The third-order valence-corrected chi connectivity index (χ3v) is 16.2. The maximum Gasteiger partial charge on any atom is 0.306 e. The largest absolute Gasteiger partial charge is 0.462 e. The Morgan fingerprint density at radius 2 is 1.66 bits per heavy atom. The van der Waals surface area contributed by atoms with E-state index in [0.29, 0.717) is 30.2 Å². The maximum absolute atomic E-state index is 15.1. The molecule has 0 unspecified atom stereocenters. The summed E-state index contributed by atoms with van der Waals surface area (Å²) in [6.07, 6.45) is 12.1. The molecule has 2 N–H and O–H groups in total. The Morgan fingerprint density at radius 1 is 0.887 bits per heavy atom. The van der Waals surface area contributed by atoms with E-state index in [1.807, 2.05) is 61.5 Å². The lowest BCUT2D eigenvalue weighted by Crippen LogP contribution is -2.57. The number of nitrogens with zero attached hydrogens (tertiary/aromatic N) is 3. The molecule has 6 aliphatic rings. The van der Waals surface area contributed by atoms with Crippen molar-refractivity contribution in [3.8, 4) is 17.1 Å². The number of allylic oxidation sites excluding steroid dienone is 2. The van der Waals surface area contributed by atoms with Gasteiger partial charge in [0, 0.05) is 13.0 Å². The fourth-order valence-corrected chi connectivity index (χ4v) is 12.0. The monoisotopic (exact) mass is 867 g/mol. The van der Waals surface area contributed by atoms with Crippen LogP contribution in [0.15, 0.2) is 65.5 Å². The molecule has 3 aromatic rings. The Bertz CT molecular complexity index is 2430. The summed E-state index contributed by atoms with van der Waals surface area (Å²) in [7, 11) is -3.89. The minimum absolute atomic E-state index is 0.00578. The summed E-state index contributed by atoms with van der Waals surface area (Å²) >= 11 is 0. The lowest BCUT2D eigenvalue weighted by molar-refractivity contribution is -0.156. The van der Waals surface area contributed by atoms with Gasteiger partial charge in [-0.3, -0.25) is 33.3 Å². The molecule has 4 saturated carbocycles. The van der Waals surface area contributed by atoms with E-state index in [4.69, 9.17) is 14.5 Å². The standard InChI is InChI=1S/C47H57N5O9S/c1-2-33-27-47(33,45(57)50-62(58,59)35-20-21-35)49-42(54)39-25-34-28-52(39)44(56)37(30-14-8-9-15-30)26-41(53)61-40-18-11-17-31(40)16-7-4-10-23-51-43(55)36-22-19-32(29-12-5-3-6-13-29)24-38(36)48-46(51)60-34/h3-6,10,12-13,19,22,24,30-31,33-35,37,39-40H,2,7-9,11,14-18,20-21,23,25-28H2,1H3,(H,49,54)(H,50,57)/b10-4+/t31-,33-,34-,37+,39+,40-,47-/m1/s1. The van der Waals surface area contributed by atoms with Gasteiger partial charge in [-0.05, 0) is 105 Å². The molecule has 7 atom stereocenters. The first kappa shape index (κ1) is 42.3. The molecule has 2 bridgehead atoms. The van der Waals surface area contributed by atoms with Crippen LogP contribution in [0.2, 0.25) is 0 Å². The number of aromatic nitrogens is 2. The van der Waals surface area contributed by atoms with Crippen LogP contribution in [-0.2, 0) is 40.5 Å². The molecule has 0 radical (unpaired) electrons. The average Bonchev–Trinajstić information content (AvgIpc) is 4.05. The number of benzene rings is 2. The highest BCUT2D eigenvalue weighted by Crippen LogP contribution is 2.47. The number of fused-ring (bicyclic) bond motifs is 5. The Labute approximate surface area is 362 Å². The zero-order valence-electron chi connectivity index (χ0n) is 35.3. The highest BCUT2D eigenvalue weighted by molar-refractivity contribution is 7.91. The first-order valence-corrected chi connectivity index (χ1v) is 24.3. The summed E-state index contributed by atoms with van der Waals surface area (Å²) in [6, 6.07) is 14.2. The van der Waals surface area contributed by atoms with Gasteiger partial charge >= 0.3 is 5.97 Å². The van der Waals surface area contributed by atoms with Gasteiger partial charge in [-0.2, -0.15) is 4.98 Å². The number of sulfonamides is 1. The molecule has 3 heterocycles. The zero-order chi connectivity index (χ0) is 43.2. The molecule has 2 aromatic carbocycles. The van der Waals surface area contributed by atoms with E-state index >= 15 is 4.79 Å². The van der Waals surface area contributed by atoms with Gasteiger partial charge in [0.2, 0.25) is 21.8 Å². The van der Waals surface area contributed by atoms with Crippen molar-refractivity contribution in [1.29, 1.82) is 0 Å². The van der Waals surface area contributed by atoms with Crippen molar-refractivity contribution in [3.05, 3.63) is 71.0 Å². The van der Waals surface area contributed by atoms with Crippen molar-refractivity contribution in [2.45, 2.75) is 139 Å². The third-order valence-electron chi connectivity index (χ3n) is 14.4. The molecule has 4 aliphatic carbocycles. The van der Waals surface area contributed by atoms with E-state index in [2.05, 4.69) is 10.0 Å². The lowest BCUT2D eigenvalue weighted by atomic mass is 9.86. The third kappa shape index (κ3) is 8.53. The minimum atomic E-state index is -3.89. The number of hydrogen-bond donors (Lipinski definition) is 2. The predicted octanol–water partition coefficient (Wildman–Crippen LogP) is 5.56. The molecule has 3 amide bonds. The first-order chi connectivity index (χ1) is 29.9. The van der Waals surface area contributed by atoms with E-state index in [-0.39, 0.29) is 73.7 Å². The number of hydrogen-bond acceptors (Lipinski definition) is 10. The number of carbonyl (C=O) groups excluding carboxylic acids is 4. The highest BCUT2D eigenvalue weighted by atomic mass is 32.2. The Kier molecular flexibility index (Phi) is 11.8. The van der Waals surface area contributed by atoms with Crippen molar-refractivity contribution in [2.75, 3.05) is 6.54 Å². The van der Waals surface area contributed by atoms with Crippen LogP contribution in [0.25, 0.3) is 22.0 Å².